The monoisotopic (exact) mass is 212 g/mol. The van der Waals surface area contributed by atoms with Crippen molar-refractivity contribution in [3.05, 3.63) is 29.6 Å². The summed E-state index contributed by atoms with van der Waals surface area (Å²) >= 11 is 0. The molecule has 0 saturated heterocycles. The molecule has 84 valence electrons. The number of hydrogen-bond acceptors (Lipinski definition) is 3. The number of ether oxygens (including phenoxy) is 1. The molecule has 0 aliphatic rings. The molecule has 0 spiro atoms. The van der Waals surface area contributed by atoms with Crippen molar-refractivity contribution in [3.8, 4) is 5.75 Å². The average Bonchev–Trinajstić information content (AvgIpc) is 2.26. The van der Waals surface area contributed by atoms with Crippen LogP contribution < -0.4 is 15.8 Å². The third-order valence-corrected chi connectivity index (χ3v) is 2.28. The van der Waals surface area contributed by atoms with Gasteiger partial charge in [-0.25, -0.2) is 4.39 Å². The van der Waals surface area contributed by atoms with E-state index in [0.717, 1.165) is 0 Å². The van der Waals surface area contributed by atoms with Crippen LogP contribution >= 0.6 is 0 Å². The molecule has 0 aliphatic heterocycles. The lowest BCUT2D eigenvalue weighted by Crippen LogP contribution is -2.32. The van der Waals surface area contributed by atoms with Gasteiger partial charge < -0.3 is 15.8 Å². The highest BCUT2D eigenvalue weighted by Crippen LogP contribution is 2.20. The first-order valence-electron chi connectivity index (χ1n) is 4.94. The second-order valence-corrected chi connectivity index (χ2v) is 3.44. The minimum absolute atomic E-state index is 0.161. The van der Waals surface area contributed by atoms with Gasteiger partial charge in [-0.05, 0) is 19.1 Å². The van der Waals surface area contributed by atoms with E-state index >= 15 is 0 Å². The van der Waals surface area contributed by atoms with E-state index in [9.17, 15) is 4.39 Å². The summed E-state index contributed by atoms with van der Waals surface area (Å²) in [6.45, 7) is 2.90. The molecule has 4 heteroatoms. The molecule has 0 fully saturated rings. The fourth-order valence-corrected chi connectivity index (χ4v) is 1.26. The minimum Gasteiger partial charge on any atom is -0.496 e. The largest absolute Gasteiger partial charge is 0.496 e. The number of benzene rings is 1. The molecule has 1 atom stereocenters. The third-order valence-electron chi connectivity index (χ3n) is 2.28. The summed E-state index contributed by atoms with van der Waals surface area (Å²) in [5.41, 5.74) is 6.00. The Morgan fingerprint density at radius 2 is 2.27 bits per heavy atom. The van der Waals surface area contributed by atoms with E-state index in [1.807, 2.05) is 6.92 Å². The fraction of sp³-hybridized carbons (Fsp3) is 0.455. The van der Waals surface area contributed by atoms with Crippen LogP contribution in [-0.4, -0.2) is 19.7 Å². The van der Waals surface area contributed by atoms with Gasteiger partial charge in [0.2, 0.25) is 0 Å². The number of nitrogens with two attached hydrogens (primary N) is 1. The SMILES string of the molecule is COc1cccc(F)c1CN[C@@H](C)CN. The highest BCUT2D eigenvalue weighted by molar-refractivity contribution is 5.34. The molecule has 0 unspecified atom stereocenters. The molecule has 3 N–H and O–H groups in total. The van der Waals surface area contributed by atoms with Crippen LogP contribution in [0.4, 0.5) is 4.39 Å². The molecule has 0 bridgehead atoms. The molecule has 0 amide bonds. The Labute approximate surface area is 89.4 Å². The third kappa shape index (κ3) is 3.18. The fourth-order valence-electron chi connectivity index (χ4n) is 1.26. The summed E-state index contributed by atoms with van der Waals surface area (Å²) in [7, 11) is 1.53. The predicted molar refractivity (Wildman–Crippen MR) is 58.3 cm³/mol. The average molecular weight is 212 g/mol. The van der Waals surface area contributed by atoms with Crippen molar-refractivity contribution < 1.29 is 9.13 Å². The summed E-state index contributed by atoms with van der Waals surface area (Å²) in [6.07, 6.45) is 0. The molecule has 15 heavy (non-hydrogen) atoms. The highest BCUT2D eigenvalue weighted by atomic mass is 19.1. The van der Waals surface area contributed by atoms with E-state index in [-0.39, 0.29) is 11.9 Å². The van der Waals surface area contributed by atoms with Crippen molar-refractivity contribution in [1.82, 2.24) is 5.32 Å². The summed E-state index contributed by atoms with van der Waals surface area (Å²) in [5.74, 6) is 0.304. The lowest BCUT2D eigenvalue weighted by atomic mass is 10.1. The van der Waals surface area contributed by atoms with Crippen LogP contribution in [0.3, 0.4) is 0 Å². The maximum Gasteiger partial charge on any atom is 0.131 e. The quantitative estimate of drug-likeness (QED) is 0.772. The lowest BCUT2D eigenvalue weighted by molar-refractivity contribution is 0.399. The van der Waals surface area contributed by atoms with Crippen LogP contribution in [-0.2, 0) is 6.54 Å². The second kappa shape index (κ2) is 5.68. The Hall–Kier alpha value is -1.13. The molecule has 3 nitrogen and oxygen atoms in total. The van der Waals surface area contributed by atoms with Crippen molar-refractivity contribution in [2.75, 3.05) is 13.7 Å². The Kier molecular flexibility index (Phi) is 4.52. The zero-order chi connectivity index (χ0) is 11.3. The molecule has 1 aromatic rings. The van der Waals surface area contributed by atoms with Gasteiger partial charge in [-0.1, -0.05) is 6.07 Å². The Bertz CT molecular complexity index is 317. The van der Waals surface area contributed by atoms with E-state index in [0.29, 0.717) is 24.4 Å². The van der Waals surface area contributed by atoms with Gasteiger partial charge in [0.05, 0.1) is 7.11 Å². The van der Waals surface area contributed by atoms with Gasteiger partial charge in [0.1, 0.15) is 11.6 Å². The van der Waals surface area contributed by atoms with Crippen molar-refractivity contribution in [2.24, 2.45) is 5.73 Å². The molecule has 1 aromatic carbocycles. The number of rotatable bonds is 5. The molecule has 1 rings (SSSR count). The van der Waals surface area contributed by atoms with E-state index in [4.69, 9.17) is 10.5 Å². The van der Waals surface area contributed by atoms with Gasteiger partial charge in [-0.15, -0.1) is 0 Å². The second-order valence-electron chi connectivity index (χ2n) is 3.44. The van der Waals surface area contributed by atoms with E-state index in [1.54, 1.807) is 12.1 Å². The Balaban J connectivity index is 2.74. The normalized spacial score (nSPS) is 12.5. The van der Waals surface area contributed by atoms with Gasteiger partial charge >= 0.3 is 0 Å². The van der Waals surface area contributed by atoms with Gasteiger partial charge in [-0.3, -0.25) is 0 Å². The standard InChI is InChI=1S/C11H17FN2O/c1-8(6-13)14-7-9-10(12)4-3-5-11(9)15-2/h3-5,8,14H,6-7,13H2,1-2H3/t8-/m0/s1. The van der Waals surface area contributed by atoms with Crippen molar-refractivity contribution >= 4 is 0 Å². The number of hydrogen-bond donors (Lipinski definition) is 2. The number of halogens is 1. The molecule has 0 heterocycles. The first kappa shape index (κ1) is 11.9. The van der Waals surface area contributed by atoms with Crippen LogP contribution in [0, 0.1) is 5.82 Å². The molecule has 0 radical (unpaired) electrons. The van der Waals surface area contributed by atoms with Crippen LogP contribution in [0.2, 0.25) is 0 Å². The van der Waals surface area contributed by atoms with E-state index < -0.39 is 0 Å². The minimum atomic E-state index is -0.258. The van der Waals surface area contributed by atoms with Gasteiger partial charge in [-0.2, -0.15) is 0 Å². The van der Waals surface area contributed by atoms with Gasteiger partial charge in [0.15, 0.2) is 0 Å². The number of nitrogens with one attached hydrogen (secondary N) is 1. The molecular weight excluding hydrogens is 195 g/mol. The molecule has 0 aromatic heterocycles. The van der Waals surface area contributed by atoms with E-state index in [1.165, 1.54) is 13.2 Å². The van der Waals surface area contributed by atoms with Crippen LogP contribution in [0.15, 0.2) is 18.2 Å². The zero-order valence-electron chi connectivity index (χ0n) is 9.09. The maximum absolute atomic E-state index is 13.4. The molecule has 0 saturated carbocycles. The highest BCUT2D eigenvalue weighted by Gasteiger charge is 2.09. The summed E-state index contributed by atoms with van der Waals surface area (Å²) in [6, 6.07) is 4.96. The molecule has 0 aliphatic carbocycles. The number of methoxy groups -OCH3 is 1. The van der Waals surface area contributed by atoms with Crippen LogP contribution in [0.1, 0.15) is 12.5 Å². The summed E-state index contributed by atoms with van der Waals surface area (Å²) in [4.78, 5) is 0. The first-order valence-corrected chi connectivity index (χ1v) is 4.94. The summed E-state index contributed by atoms with van der Waals surface area (Å²) < 4.78 is 18.5. The van der Waals surface area contributed by atoms with Crippen molar-refractivity contribution in [3.63, 3.8) is 0 Å². The van der Waals surface area contributed by atoms with Gasteiger partial charge in [0.25, 0.3) is 0 Å². The summed E-state index contributed by atoms with van der Waals surface area (Å²) in [5, 5.41) is 3.12. The Morgan fingerprint density at radius 3 is 2.87 bits per heavy atom. The van der Waals surface area contributed by atoms with Crippen molar-refractivity contribution in [2.45, 2.75) is 19.5 Å². The zero-order valence-corrected chi connectivity index (χ0v) is 9.09. The topological polar surface area (TPSA) is 47.3 Å². The van der Waals surface area contributed by atoms with Crippen molar-refractivity contribution in [1.29, 1.82) is 0 Å². The molecular formula is C11H17FN2O. The van der Waals surface area contributed by atoms with E-state index in [2.05, 4.69) is 5.32 Å². The van der Waals surface area contributed by atoms with Crippen LogP contribution in [0.25, 0.3) is 0 Å². The van der Waals surface area contributed by atoms with Crippen LogP contribution in [0.5, 0.6) is 5.75 Å². The Morgan fingerprint density at radius 1 is 1.53 bits per heavy atom. The predicted octanol–water partition coefficient (Wildman–Crippen LogP) is 1.27. The maximum atomic E-state index is 13.4. The smallest absolute Gasteiger partial charge is 0.131 e. The lowest BCUT2D eigenvalue weighted by Gasteiger charge is -2.14. The van der Waals surface area contributed by atoms with Gasteiger partial charge in [0, 0.05) is 24.7 Å². The first-order chi connectivity index (χ1) is 7.19.